The minimum Gasteiger partial charge on any atom is -0.510 e. The molecule has 0 saturated carbocycles. The van der Waals surface area contributed by atoms with Gasteiger partial charge in [0.1, 0.15) is 5.82 Å². The van der Waals surface area contributed by atoms with Crippen LogP contribution in [0.25, 0.3) is 83.4 Å². The van der Waals surface area contributed by atoms with E-state index in [4.69, 9.17) is 22.1 Å². The van der Waals surface area contributed by atoms with Crippen LogP contribution in [0.5, 0.6) is 11.5 Å². The normalized spacial score (nSPS) is 14.7. The number of aryl methyl sites for hydroxylation is 2. The summed E-state index contributed by atoms with van der Waals surface area (Å²) in [4.78, 5) is 4.86. The van der Waals surface area contributed by atoms with E-state index in [2.05, 4.69) is 149 Å². The second-order valence-electron chi connectivity index (χ2n) is 24.3. The Morgan fingerprint density at radius 1 is 0.538 bits per heavy atom. The molecule has 0 bridgehead atoms. The maximum Gasteiger partial charge on any atom is 0.268 e. The van der Waals surface area contributed by atoms with Crippen LogP contribution in [0.3, 0.4) is 0 Å². The largest absolute Gasteiger partial charge is 0.510 e. The molecule has 0 fully saturated rings. The van der Waals surface area contributed by atoms with E-state index in [9.17, 15) is 2.74 Å². The molecule has 0 spiro atoms. The van der Waals surface area contributed by atoms with Gasteiger partial charge in [0, 0.05) is 52.5 Å². The van der Waals surface area contributed by atoms with Gasteiger partial charge in [-0.15, -0.1) is 29.7 Å². The fourth-order valence-electron chi connectivity index (χ4n) is 10.1. The molecule has 11 aromatic rings. The van der Waals surface area contributed by atoms with Gasteiger partial charge >= 0.3 is 0 Å². The van der Waals surface area contributed by atoms with Crippen LogP contribution in [0.1, 0.15) is 132 Å². The van der Waals surface area contributed by atoms with Crippen LogP contribution in [0.4, 0.5) is 0 Å². The van der Waals surface area contributed by atoms with Crippen LogP contribution < -0.4 is 9.30 Å². The second kappa shape index (κ2) is 20.2. The Kier molecular flexibility index (Phi) is 10.8. The third-order valence-electron chi connectivity index (χ3n) is 14.6. The summed E-state index contributed by atoms with van der Waals surface area (Å²) in [5, 5.41) is 1.98. The molecule has 5 nitrogen and oxygen atoms in total. The average Bonchev–Trinajstić information content (AvgIpc) is 1.74. The number of aromatic nitrogens is 4. The van der Waals surface area contributed by atoms with Gasteiger partial charge in [-0.1, -0.05) is 198 Å². The molecule has 0 aliphatic heterocycles. The molecule has 11 rings (SSSR count). The van der Waals surface area contributed by atoms with Crippen LogP contribution >= 0.6 is 0 Å². The van der Waals surface area contributed by atoms with E-state index in [0.29, 0.717) is 50.6 Å². The molecule has 78 heavy (non-hydrogen) atoms. The zero-order valence-corrected chi connectivity index (χ0v) is 48.6. The molecular formula is C72H70N4OPt-2. The number of imidazole rings is 1. The number of nitrogens with zero attached hydrogens (tertiary/aromatic N) is 4. The molecule has 0 N–H and O–H groups in total. The molecule has 0 radical (unpaired) electrons. The van der Waals surface area contributed by atoms with Crippen molar-refractivity contribution in [1.82, 2.24) is 14.1 Å². The Bertz CT molecular complexity index is 4530. The van der Waals surface area contributed by atoms with Crippen molar-refractivity contribution >= 4 is 32.8 Å². The number of hydrogen-bond acceptors (Lipinski definition) is 2. The van der Waals surface area contributed by atoms with E-state index >= 15 is 0 Å². The SMILES string of the molecule is [2H]c1c([2H])c([2H])c(-c2cc(C(C)(C)C)cc(-c3cc(C(C)(C)C)cc(C(C)(C)C)c3)c2-[n+]2[c-]n(-c3[c-]c(Oc4[c-]c5c(cc4)c4ccccc4n5-c4cc(C(C)(C)C)ccn4)ccc3)c3cc(-c4c(C([2H])([2H])[2H])cccc4C([2H])([2H])[2H])ccc32)c([2H])c1[2H].[Pt]. The summed E-state index contributed by atoms with van der Waals surface area (Å²) >= 11 is 0. The summed E-state index contributed by atoms with van der Waals surface area (Å²) in [6.45, 7) is 20.3. The Morgan fingerprint density at radius 3 is 1.83 bits per heavy atom. The first-order chi connectivity index (χ1) is 41.0. The summed E-state index contributed by atoms with van der Waals surface area (Å²) < 4.78 is 111. The van der Waals surface area contributed by atoms with E-state index in [1.807, 2.05) is 59.3 Å². The molecule has 3 heterocycles. The van der Waals surface area contributed by atoms with E-state index < -0.39 is 49.3 Å². The van der Waals surface area contributed by atoms with Crippen molar-refractivity contribution in [2.24, 2.45) is 0 Å². The van der Waals surface area contributed by atoms with Gasteiger partial charge in [0.15, 0.2) is 0 Å². The van der Waals surface area contributed by atoms with Gasteiger partial charge in [0.25, 0.3) is 6.33 Å². The second-order valence-corrected chi connectivity index (χ2v) is 24.3. The van der Waals surface area contributed by atoms with Gasteiger partial charge in [-0.25, -0.2) is 4.98 Å². The summed E-state index contributed by atoms with van der Waals surface area (Å²) in [7, 11) is 0. The molecule has 8 aromatic carbocycles. The first-order valence-electron chi connectivity index (χ1n) is 31.7. The van der Waals surface area contributed by atoms with Crippen LogP contribution in [0.2, 0.25) is 0 Å². The molecular weight excluding hydrogens is 1130 g/mol. The van der Waals surface area contributed by atoms with Crippen molar-refractivity contribution < 1.29 is 45.4 Å². The van der Waals surface area contributed by atoms with Crippen LogP contribution in [0.15, 0.2) is 170 Å². The van der Waals surface area contributed by atoms with Crippen LogP contribution in [-0.2, 0) is 42.7 Å². The number of pyridine rings is 1. The third-order valence-corrected chi connectivity index (χ3v) is 14.6. The monoisotopic (exact) mass is 1210 g/mol. The van der Waals surface area contributed by atoms with Gasteiger partial charge < -0.3 is 13.9 Å². The Balaban J connectivity index is 0.00000873. The smallest absolute Gasteiger partial charge is 0.268 e. The summed E-state index contributed by atoms with van der Waals surface area (Å²) in [6, 6.07) is 46.5. The molecule has 0 amide bonds. The first kappa shape index (κ1) is 41.7. The Morgan fingerprint density at radius 2 is 1.17 bits per heavy atom. The van der Waals surface area contributed by atoms with Gasteiger partial charge in [-0.2, -0.15) is 18.2 Å². The Hall–Kier alpha value is -7.33. The molecule has 0 saturated heterocycles. The zero-order chi connectivity index (χ0) is 63.7. The van der Waals surface area contributed by atoms with Crippen molar-refractivity contribution in [1.29, 1.82) is 0 Å². The van der Waals surface area contributed by atoms with Gasteiger partial charge in [0.05, 0.1) is 23.6 Å². The predicted molar refractivity (Wildman–Crippen MR) is 321 cm³/mol. The van der Waals surface area contributed by atoms with Crippen molar-refractivity contribution in [2.45, 2.75) is 118 Å². The van der Waals surface area contributed by atoms with E-state index in [1.54, 1.807) is 28.8 Å². The van der Waals surface area contributed by atoms with Crippen molar-refractivity contribution in [3.63, 3.8) is 0 Å². The number of rotatable bonds is 8. The van der Waals surface area contributed by atoms with Crippen LogP contribution in [-0.4, -0.2) is 14.1 Å². The van der Waals surface area contributed by atoms with Crippen molar-refractivity contribution in [2.75, 3.05) is 0 Å². The summed E-state index contributed by atoms with van der Waals surface area (Å²) in [5.41, 5.74) is 8.12. The number of hydrogen-bond donors (Lipinski definition) is 0. The van der Waals surface area contributed by atoms with Gasteiger partial charge in [0.2, 0.25) is 0 Å². The predicted octanol–water partition coefficient (Wildman–Crippen LogP) is 18.4. The van der Waals surface area contributed by atoms with E-state index in [1.165, 1.54) is 18.2 Å². The molecule has 0 aliphatic carbocycles. The fraction of sp³-hybridized carbons (Fsp3) is 0.250. The van der Waals surface area contributed by atoms with Gasteiger partial charge in [-0.05, 0) is 137 Å². The molecule has 0 aliphatic rings. The number of fused-ring (bicyclic) bond motifs is 4. The standard InChI is InChI=1S/C72H70N4O.Pt/c1-46-22-20-23-47(2)67(46)49-30-33-63-65(38-49)74(55-26-21-27-56(43-55)77-57-31-32-59-58-28-18-19-29-62(58)76(64(59)44-57)66-42-51(34-35-73-66)69(3,4)5)45-75(63)68-60(48-24-16-15-17-25-48)40-54(72(12,13)14)41-61(68)50-36-52(70(6,7)8)39-53(37-50)71(9,10)11;/h15-42H,1-14H3;/q-2;/i1D3,2D3,15D,16D,17D,24D,25D;. The fourth-order valence-corrected chi connectivity index (χ4v) is 10.1. The molecule has 6 heteroatoms. The zero-order valence-electron chi connectivity index (χ0n) is 57.3. The van der Waals surface area contributed by atoms with E-state index in [-0.39, 0.29) is 59.6 Å². The Labute approximate surface area is 492 Å². The maximum atomic E-state index is 9.59. The maximum absolute atomic E-state index is 9.59. The first-order valence-corrected chi connectivity index (χ1v) is 26.2. The summed E-state index contributed by atoms with van der Waals surface area (Å²) in [5.74, 6) is 1.44. The van der Waals surface area contributed by atoms with Gasteiger partial charge in [-0.3, -0.25) is 4.57 Å². The van der Waals surface area contributed by atoms with Crippen molar-refractivity contribution in [3.8, 4) is 62.1 Å². The third kappa shape index (κ3) is 10.2. The molecule has 0 unspecified atom stereocenters. The minimum atomic E-state index is -2.71. The summed E-state index contributed by atoms with van der Waals surface area (Å²) in [6.07, 6.45) is 5.49. The number of para-hydroxylation sites is 1. The average molecular weight is 1210 g/mol. The van der Waals surface area contributed by atoms with Crippen LogP contribution in [0, 0.1) is 32.2 Å². The number of ether oxygens (including phenoxy) is 1. The minimum absolute atomic E-state index is 0. The van der Waals surface area contributed by atoms with E-state index in [0.717, 1.165) is 55.4 Å². The topological polar surface area (TPSA) is 35.9 Å². The number of benzene rings is 8. The molecule has 396 valence electrons. The van der Waals surface area contributed by atoms with Crippen molar-refractivity contribution in [3.05, 3.63) is 222 Å². The molecule has 0 atom stereocenters. The molecule has 3 aromatic heterocycles. The quantitative estimate of drug-likeness (QED) is 0.112.